The van der Waals surface area contributed by atoms with Crippen molar-refractivity contribution < 1.29 is 8.42 Å². The molecule has 0 bridgehead atoms. The molecule has 0 saturated heterocycles. The molecule has 0 aromatic carbocycles. The van der Waals surface area contributed by atoms with Crippen molar-refractivity contribution in [2.45, 2.75) is 51.7 Å². The summed E-state index contributed by atoms with van der Waals surface area (Å²) >= 11 is 0. The maximum absolute atomic E-state index is 11.5. The average Bonchev–Trinajstić information content (AvgIpc) is 2.02. The summed E-state index contributed by atoms with van der Waals surface area (Å²) in [6.45, 7) is 6.63. The Morgan fingerprint density at radius 1 is 1.36 bits per heavy atom. The molecule has 0 spiro atoms. The lowest BCUT2D eigenvalue weighted by Gasteiger charge is -2.40. The zero-order valence-electron chi connectivity index (χ0n) is 9.71. The first kappa shape index (κ1) is 12.0. The minimum Gasteiger partial charge on any atom is -0.229 e. The summed E-state index contributed by atoms with van der Waals surface area (Å²) in [6.07, 6.45) is 5.33. The van der Waals surface area contributed by atoms with Crippen molar-refractivity contribution in [2.24, 2.45) is 11.3 Å². The summed E-state index contributed by atoms with van der Waals surface area (Å²) in [5, 5.41) is -0.0938. The Morgan fingerprint density at radius 2 is 1.93 bits per heavy atom. The Hall–Kier alpha value is -0.0500. The molecule has 84 valence electrons. The first-order chi connectivity index (χ1) is 6.26. The van der Waals surface area contributed by atoms with Crippen LogP contribution in [0.3, 0.4) is 0 Å². The molecule has 3 heteroatoms. The van der Waals surface area contributed by atoms with Crippen molar-refractivity contribution in [3.05, 3.63) is 0 Å². The molecule has 1 aliphatic carbocycles. The molecule has 1 saturated carbocycles. The van der Waals surface area contributed by atoms with E-state index in [0.29, 0.717) is 5.92 Å². The van der Waals surface area contributed by atoms with Crippen LogP contribution in [0.4, 0.5) is 0 Å². The second-order valence-corrected chi connectivity index (χ2v) is 7.68. The highest BCUT2D eigenvalue weighted by atomic mass is 32.2. The first-order valence-corrected chi connectivity index (χ1v) is 7.40. The molecule has 0 amide bonds. The topological polar surface area (TPSA) is 34.1 Å². The minimum atomic E-state index is -2.83. The third-order valence-electron chi connectivity index (χ3n) is 3.97. The molecule has 14 heavy (non-hydrogen) atoms. The summed E-state index contributed by atoms with van der Waals surface area (Å²) in [6, 6.07) is 0. The Kier molecular flexibility index (Phi) is 3.30. The van der Waals surface area contributed by atoms with E-state index in [-0.39, 0.29) is 10.7 Å². The number of sulfone groups is 1. The predicted molar refractivity (Wildman–Crippen MR) is 60.0 cm³/mol. The monoisotopic (exact) mass is 218 g/mol. The summed E-state index contributed by atoms with van der Waals surface area (Å²) in [5.41, 5.74) is 0.228. The zero-order chi connectivity index (χ0) is 11.0. The van der Waals surface area contributed by atoms with Crippen molar-refractivity contribution in [2.75, 3.05) is 6.26 Å². The van der Waals surface area contributed by atoms with E-state index in [4.69, 9.17) is 0 Å². The van der Waals surface area contributed by atoms with Crippen LogP contribution >= 0.6 is 0 Å². The highest BCUT2D eigenvalue weighted by Gasteiger charge is 2.38. The molecule has 2 nitrogen and oxygen atoms in total. The lowest BCUT2D eigenvalue weighted by Crippen LogP contribution is -2.36. The van der Waals surface area contributed by atoms with E-state index in [1.165, 1.54) is 12.7 Å². The molecular weight excluding hydrogens is 196 g/mol. The normalized spacial score (nSPS) is 34.8. The van der Waals surface area contributed by atoms with Gasteiger partial charge in [-0.1, -0.05) is 27.2 Å². The Bertz CT molecular complexity index is 292. The van der Waals surface area contributed by atoms with Gasteiger partial charge in [-0.3, -0.25) is 0 Å². The van der Waals surface area contributed by atoms with Crippen molar-refractivity contribution in [3.8, 4) is 0 Å². The van der Waals surface area contributed by atoms with Crippen molar-refractivity contribution in [1.82, 2.24) is 0 Å². The van der Waals surface area contributed by atoms with Crippen LogP contribution in [0.25, 0.3) is 0 Å². The summed E-state index contributed by atoms with van der Waals surface area (Å²) in [5.74, 6) is 0.576. The van der Waals surface area contributed by atoms with Gasteiger partial charge in [0.2, 0.25) is 0 Å². The van der Waals surface area contributed by atoms with Gasteiger partial charge < -0.3 is 0 Å². The highest BCUT2D eigenvalue weighted by Crippen LogP contribution is 2.43. The highest BCUT2D eigenvalue weighted by molar-refractivity contribution is 7.91. The van der Waals surface area contributed by atoms with E-state index >= 15 is 0 Å². The van der Waals surface area contributed by atoms with Gasteiger partial charge in [-0.2, -0.15) is 0 Å². The van der Waals surface area contributed by atoms with Crippen LogP contribution in [0.5, 0.6) is 0 Å². The van der Waals surface area contributed by atoms with Crippen LogP contribution in [0.2, 0.25) is 0 Å². The third-order valence-corrected chi connectivity index (χ3v) is 5.58. The van der Waals surface area contributed by atoms with Gasteiger partial charge in [-0.25, -0.2) is 8.42 Å². The van der Waals surface area contributed by atoms with E-state index < -0.39 is 9.84 Å². The van der Waals surface area contributed by atoms with E-state index in [9.17, 15) is 8.42 Å². The van der Waals surface area contributed by atoms with Crippen LogP contribution in [0, 0.1) is 11.3 Å². The van der Waals surface area contributed by atoms with Crippen molar-refractivity contribution >= 4 is 9.84 Å². The Morgan fingerprint density at radius 3 is 2.36 bits per heavy atom. The fourth-order valence-electron chi connectivity index (χ4n) is 2.35. The van der Waals surface area contributed by atoms with Gasteiger partial charge in [0.25, 0.3) is 0 Å². The quantitative estimate of drug-likeness (QED) is 0.714. The lowest BCUT2D eigenvalue weighted by molar-refractivity contribution is 0.145. The molecule has 0 aliphatic heterocycles. The van der Waals surface area contributed by atoms with Crippen LogP contribution < -0.4 is 0 Å². The van der Waals surface area contributed by atoms with E-state index in [2.05, 4.69) is 20.8 Å². The zero-order valence-corrected chi connectivity index (χ0v) is 10.5. The standard InChI is InChI=1S/C11H22O2S/c1-9(2)11(3)7-5-6-10(8-11)14(4,12)13/h9-10H,5-8H2,1-4H3. The molecule has 1 aliphatic rings. The smallest absolute Gasteiger partial charge is 0.150 e. The van der Waals surface area contributed by atoms with Crippen LogP contribution in [0.1, 0.15) is 46.5 Å². The van der Waals surface area contributed by atoms with Gasteiger partial charge in [0, 0.05) is 6.26 Å². The van der Waals surface area contributed by atoms with Crippen LogP contribution in [0.15, 0.2) is 0 Å². The van der Waals surface area contributed by atoms with Gasteiger partial charge in [-0.05, 0) is 30.6 Å². The maximum Gasteiger partial charge on any atom is 0.150 e. The SMILES string of the molecule is CC(C)C1(C)CCCC(S(C)(=O)=O)C1. The number of hydrogen-bond acceptors (Lipinski definition) is 2. The number of rotatable bonds is 2. The molecular formula is C11H22O2S. The van der Waals surface area contributed by atoms with Gasteiger partial charge in [0.15, 0.2) is 0 Å². The second kappa shape index (κ2) is 3.84. The van der Waals surface area contributed by atoms with Crippen molar-refractivity contribution in [1.29, 1.82) is 0 Å². The summed E-state index contributed by atoms with van der Waals surface area (Å²) in [4.78, 5) is 0. The molecule has 0 radical (unpaired) electrons. The minimum absolute atomic E-state index is 0.0938. The largest absolute Gasteiger partial charge is 0.229 e. The van der Waals surface area contributed by atoms with Gasteiger partial charge in [0.05, 0.1) is 5.25 Å². The van der Waals surface area contributed by atoms with Gasteiger partial charge in [-0.15, -0.1) is 0 Å². The maximum atomic E-state index is 11.5. The average molecular weight is 218 g/mol. The first-order valence-electron chi connectivity index (χ1n) is 5.44. The molecule has 1 rings (SSSR count). The van der Waals surface area contributed by atoms with Gasteiger partial charge >= 0.3 is 0 Å². The second-order valence-electron chi connectivity index (χ2n) is 5.36. The fraction of sp³-hybridized carbons (Fsp3) is 1.00. The molecule has 2 atom stereocenters. The van der Waals surface area contributed by atoms with E-state index in [1.54, 1.807) is 0 Å². The fourth-order valence-corrected chi connectivity index (χ4v) is 3.63. The molecule has 0 N–H and O–H groups in total. The Labute approximate surface area is 88.0 Å². The Balaban J connectivity index is 2.80. The molecule has 0 aromatic heterocycles. The predicted octanol–water partition coefficient (Wildman–Crippen LogP) is 2.64. The molecule has 1 fully saturated rings. The van der Waals surface area contributed by atoms with E-state index in [1.807, 2.05) is 0 Å². The van der Waals surface area contributed by atoms with Crippen molar-refractivity contribution in [3.63, 3.8) is 0 Å². The summed E-state index contributed by atoms with van der Waals surface area (Å²) < 4.78 is 23.0. The lowest BCUT2D eigenvalue weighted by atomic mass is 9.68. The molecule has 0 aromatic rings. The molecule has 2 unspecified atom stereocenters. The summed E-state index contributed by atoms with van der Waals surface area (Å²) in [7, 11) is -2.83. The molecule has 0 heterocycles. The third kappa shape index (κ3) is 2.50. The van der Waals surface area contributed by atoms with E-state index in [0.717, 1.165) is 19.3 Å². The van der Waals surface area contributed by atoms with Crippen LogP contribution in [-0.4, -0.2) is 19.9 Å². The van der Waals surface area contributed by atoms with Crippen LogP contribution in [-0.2, 0) is 9.84 Å². The number of hydrogen-bond donors (Lipinski definition) is 0. The van der Waals surface area contributed by atoms with Gasteiger partial charge in [0.1, 0.15) is 9.84 Å².